The van der Waals surface area contributed by atoms with E-state index in [1.807, 2.05) is 13.8 Å². The fourth-order valence-corrected chi connectivity index (χ4v) is 4.24. The van der Waals surface area contributed by atoms with Crippen LogP contribution in [0.1, 0.15) is 35.8 Å². The molecule has 1 atom stereocenters. The van der Waals surface area contributed by atoms with Crippen LogP contribution >= 0.6 is 0 Å². The number of aromatic carboxylic acids is 1. The first-order valence-electron chi connectivity index (χ1n) is 11.6. The number of benzene rings is 1. The van der Waals surface area contributed by atoms with Gasteiger partial charge in [0.1, 0.15) is 35.3 Å². The third-order valence-electron chi connectivity index (χ3n) is 6.28. The van der Waals surface area contributed by atoms with E-state index in [0.29, 0.717) is 38.4 Å². The summed E-state index contributed by atoms with van der Waals surface area (Å²) in [4.78, 5) is 31.4. The van der Waals surface area contributed by atoms with Gasteiger partial charge in [-0.3, -0.25) is 4.79 Å². The van der Waals surface area contributed by atoms with Crippen LogP contribution in [0.2, 0.25) is 0 Å². The molecule has 1 aromatic carbocycles. The largest absolute Gasteiger partial charge is 0.485 e. The highest BCUT2D eigenvalue weighted by Gasteiger charge is 2.26. The summed E-state index contributed by atoms with van der Waals surface area (Å²) in [7, 11) is 0. The van der Waals surface area contributed by atoms with E-state index in [9.17, 15) is 33.0 Å². The Morgan fingerprint density at radius 2 is 1.81 bits per heavy atom. The maximum absolute atomic E-state index is 14.2. The Labute approximate surface area is 209 Å². The van der Waals surface area contributed by atoms with E-state index < -0.39 is 52.6 Å². The van der Waals surface area contributed by atoms with E-state index in [0.717, 1.165) is 6.20 Å². The second-order valence-electron chi connectivity index (χ2n) is 9.00. The maximum atomic E-state index is 14.2. The number of ether oxygens (including phenoxy) is 2. The summed E-state index contributed by atoms with van der Waals surface area (Å²) < 4.78 is 54.4. The predicted octanol–water partition coefficient (Wildman–Crippen LogP) is 3.12. The topological polar surface area (TPSA) is 114 Å². The van der Waals surface area contributed by atoms with Crippen LogP contribution in [0, 0.1) is 23.4 Å². The Balaban J connectivity index is 1.92. The maximum Gasteiger partial charge on any atom is 0.341 e. The van der Waals surface area contributed by atoms with Gasteiger partial charge in [0.05, 0.1) is 36.8 Å². The molecule has 9 nitrogen and oxygen atoms in total. The lowest BCUT2D eigenvalue weighted by atomic mass is 10.0. The highest BCUT2D eigenvalue weighted by molar-refractivity contribution is 5.92. The molecular weight excluding hydrogens is 495 g/mol. The SMILES string of the molecule is CC(C)C(CO)n1cc(C(=O)O)c(=O)c2cc(OCc3c(F)cc(F)cc3F)c(N3CCOCC3)nc21. The van der Waals surface area contributed by atoms with Gasteiger partial charge in [-0.2, -0.15) is 0 Å². The molecule has 4 rings (SSSR count). The minimum absolute atomic E-state index is 0.0196. The zero-order valence-corrected chi connectivity index (χ0v) is 20.2. The highest BCUT2D eigenvalue weighted by Crippen LogP contribution is 2.33. The van der Waals surface area contributed by atoms with Crippen LogP contribution in [-0.4, -0.2) is 58.6 Å². The van der Waals surface area contributed by atoms with Gasteiger partial charge in [-0.15, -0.1) is 0 Å². The number of nitrogens with zero attached hydrogens (tertiary/aromatic N) is 3. The van der Waals surface area contributed by atoms with Gasteiger partial charge in [-0.1, -0.05) is 13.8 Å². The lowest BCUT2D eigenvalue weighted by Gasteiger charge is -2.30. The van der Waals surface area contributed by atoms with Crippen LogP contribution in [0.5, 0.6) is 5.75 Å². The van der Waals surface area contributed by atoms with E-state index >= 15 is 0 Å². The number of rotatable bonds is 8. The van der Waals surface area contributed by atoms with Crippen molar-refractivity contribution in [3.05, 3.63) is 63.2 Å². The number of carbonyl (C=O) groups is 1. The Morgan fingerprint density at radius 3 is 2.38 bits per heavy atom. The number of aromatic nitrogens is 2. The van der Waals surface area contributed by atoms with Crippen molar-refractivity contribution in [2.24, 2.45) is 5.92 Å². The monoisotopic (exact) mass is 521 g/mol. The number of carboxylic acid groups (broad SMARTS) is 1. The molecule has 0 saturated carbocycles. The number of fused-ring (bicyclic) bond motifs is 1. The summed E-state index contributed by atoms with van der Waals surface area (Å²) in [5, 5.41) is 19.6. The molecule has 37 heavy (non-hydrogen) atoms. The minimum atomic E-state index is -1.46. The Hall–Kier alpha value is -3.64. The van der Waals surface area contributed by atoms with Crippen LogP contribution in [-0.2, 0) is 11.3 Å². The number of morpholine rings is 1. The smallest absolute Gasteiger partial charge is 0.341 e. The van der Waals surface area contributed by atoms with Gasteiger partial charge in [0.15, 0.2) is 11.6 Å². The van der Waals surface area contributed by atoms with Crippen molar-refractivity contribution in [1.29, 1.82) is 0 Å². The van der Waals surface area contributed by atoms with Crippen molar-refractivity contribution in [3.63, 3.8) is 0 Å². The first-order valence-corrected chi connectivity index (χ1v) is 11.6. The van der Waals surface area contributed by atoms with E-state index in [1.54, 1.807) is 4.90 Å². The van der Waals surface area contributed by atoms with E-state index in [4.69, 9.17) is 9.47 Å². The standard InChI is InChI=1S/C25H26F3N3O6/c1-13(2)20(11-32)31-10-16(25(34)35)22(33)15-9-21(24(29-23(15)31)30-3-5-36-6-4-30)37-12-17-18(27)7-14(26)8-19(17)28/h7-10,13,20,32H,3-6,11-12H2,1-2H3,(H,34,35). The van der Waals surface area contributed by atoms with Crippen molar-refractivity contribution < 1.29 is 37.7 Å². The molecule has 198 valence electrons. The zero-order chi connectivity index (χ0) is 26.9. The summed E-state index contributed by atoms with van der Waals surface area (Å²) in [6.07, 6.45) is 1.16. The third kappa shape index (κ3) is 5.25. The normalized spacial score (nSPS) is 14.8. The van der Waals surface area contributed by atoms with Crippen LogP contribution in [0.25, 0.3) is 11.0 Å². The van der Waals surface area contributed by atoms with E-state index in [2.05, 4.69) is 4.98 Å². The lowest BCUT2D eigenvalue weighted by Crippen LogP contribution is -2.37. The van der Waals surface area contributed by atoms with Crippen molar-refractivity contribution >= 4 is 22.8 Å². The second-order valence-corrected chi connectivity index (χ2v) is 9.00. The molecule has 0 amide bonds. The molecule has 2 N–H and O–H groups in total. The Morgan fingerprint density at radius 1 is 1.16 bits per heavy atom. The molecule has 1 aliphatic heterocycles. The van der Waals surface area contributed by atoms with Crippen LogP contribution < -0.4 is 15.1 Å². The van der Waals surface area contributed by atoms with Crippen molar-refractivity contribution in [2.75, 3.05) is 37.8 Å². The van der Waals surface area contributed by atoms with Gasteiger partial charge < -0.3 is 29.2 Å². The average Bonchev–Trinajstić information content (AvgIpc) is 2.85. The summed E-state index contributed by atoms with van der Waals surface area (Å²) in [6.45, 7) is 4.23. The quantitative estimate of drug-likeness (QED) is 0.465. The van der Waals surface area contributed by atoms with Gasteiger partial charge in [0, 0.05) is 31.4 Å². The molecule has 1 unspecified atom stereocenters. The molecule has 0 radical (unpaired) electrons. The minimum Gasteiger partial charge on any atom is -0.485 e. The molecular formula is C25H26F3N3O6. The molecule has 3 aromatic rings. The molecule has 1 fully saturated rings. The second kappa shape index (κ2) is 10.8. The molecule has 0 spiro atoms. The number of carboxylic acids is 1. The number of aliphatic hydroxyl groups excluding tert-OH is 1. The lowest BCUT2D eigenvalue weighted by molar-refractivity contribution is 0.0693. The first-order chi connectivity index (χ1) is 17.6. The van der Waals surface area contributed by atoms with Crippen LogP contribution in [0.15, 0.2) is 29.2 Å². The van der Waals surface area contributed by atoms with Crippen LogP contribution in [0.4, 0.5) is 19.0 Å². The van der Waals surface area contributed by atoms with Gasteiger partial charge in [-0.25, -0.2) is 22.9 Å². The number of aliphatic hydroxyl groups is 1. The Kier molecular flexibility index (Phi) is 7.69. The van der Waals surface area contributed by atoms with Crippen molar-refractivity contribution in [3.8, 4) is 5.75 Å². The van der Waals surface area contributed by atoms with Gasteiger partial charge in [-0.05, 0) is 12.0 Å². The molecule has 1 saturated heterocycles. The summed E-state index contributed by atoms with van der Waals surface area (Å²) in [5.74, 6) is -4.74. The van der Waals surface area contributed by atoms with E-state index in [1.165, 1.54) is 10.6 Å². The number of hydrogen-bond donors (Lipinski definition) is 2. The van der Waals surface area contributed by atoms with Crippen molar-refractivity contribution in [1.82, 2.24) is 9.55 Å². The fraction of sp³-hybridized carbons (Fsp3) is 0.400. The number of pyridine rings is 2. The molecule has 0 bridgehead atoms. The number of halogens is 3. The summed E-state index contributed by atoms with van der Waals surface area (Å²) >= 11 is 0. The predicted molar refractivity (Wildman–Crippen MR) is 128 cm³/mol. The zero-order valence-electron chi connectivity index (χ0n) is 20.2. The molecule has 12 heteroatoms. The van der Waals surface area contributed by atoms with Gasteiger partial charge in [0.2, 0.25) is 5.43 Å². The van der Waals surface area contributed by atoms with Gasteiger partial charge in [0.25, 0.3) is 0 Å². The molecule has 1 aliphatic rings. The highest BCUT2D eigenvalue weighted by atomic mass is 19.1. The van der Waals surface area contributed by atoms with E-state index in [-0.39, 0.29) is 35.1 Å². The third-order valence-corrected chi connectivity index (χ3v) is 6.28. The molecule has 2 aromatic heterocycles. The fourth-order valence-electron chi connectivity index (χ4n) is 4.24. The summed E-state index contributed by atoms with van der Waals surface area (Å²) in [5.41, 5.74) is -1.76. The summed E-state index contributed by atoms with van der Waals surface area (Å²) in [6, 6.07) is 1.75. The van der Waals surface area contributed by atoms with Gasteiger partial charge >= 0.3 is 5.97 Å². The molecule has 3 heterocycles. The van der Waals surface area contributed by atoms with Crippen LogP contribution in [0.3, 0.4) is 0 Å². The first kappa shape index (κ1) is 26.4. The Bertz CT molecular complexity index is 1370. The van der Waals surface area contributed by atoms with Crippen molar-refractivity contribution in [2.45, 2.75) is 26.5 Å². The number of anilines is 1. The molecule has 0 aliphatic carbocycles. The number of hydrogen-bond acceptors (Lipinski definition) is 7. The average molecular weight is 521 g/mol.